The molecular formula is C23H25ClN2O5. The van der Waals surface area contributed by atoms with Crippen LogP contribution >= 0.6 is 11.6 Å². The summed E-state index contributed by atoms with van der Waals surface area (Å²) < 4.78 is 16.1. The molecule has 0 spiro atoms. The van der Waals surface area contributed by atoms with E-state index in [9.17, 15) is 9.59 Å². The molecule has 164 valence electrons. The van der Waals surface area contributed by atoms with Crippen molar-refractivity contribution >= 4 is 34.7 Å². The molecule has 0 saturated carbocycles. The maximum atomic E-state index is 13.2. The van der Waals surface area contributed by atoms with E-state index in [0.29, 0.717) is 27.8 Å². The van der Waals surface area contributed by atoms with Crippen molar-refractivity contribution in [3.05, 3.63) is 58.7 Å². The molecule has 0 radical (unpaired) electrons. The van der Waals surface area contributed by atoms with Crippen LogP contribution < -0.4 is 14.8 Å². The normalized spacial score (nSPS) is 13.9. The first-order valence-electron chi connectivity index (χ1n) is 9.82. The highest BCUT2D eigenvalue weighted by atomic mass is 35.5. The van der Waals surface area contributed by atoms with E-state index in [0.717, 1.165) is 0 Å². The lowest BCUT2D eigenvalue weighted by atomic mass is 10.0. The molecule has 1 aliphatic rings. The third kappa shape index (κ3) is 5.00. The van der Waals surface area contributed by atoms with Crippen LogP contribution in [-0.2, 0) is 14.3 Å². The van der Waals surface area contributed by atoms with Crippen molar-refractivity contribution in [3.8, 4) is 11.5 Å². The molecule has 0 saturated heterocycles. The first-order valence-corrected chi connectivity index (χ1v) is 10.2. The van der Waals surface area contributed by atoms with Crippen molar-refractivity contribution in [1.82, 2.24) is 4.90 Å². The molecule has 0 fully saturated rings. The quantitative estimate of drug-likeness (QED) is 0.589. The minimum absolute atomic E-state index is 0.000798. The zero-order valence-corrected chi connectivity index (χ0v) is 18.7. The van der Waals surface area contributed by atoms with Gasteiger partial charge in [-0.25, -0.2) is 0 Å². The summed E-state index contributed by atoms with van der Waals surface area (Å²) in [6.45, 7) is 4.21. The Bertz CT molecular complexity index is 1000. The predicted octanol–water partition coefficient (Wildman–Crippen LogP) is 3.97. The molecule has 3 rings (SSSR count). The maximum Gasteiger partial charge on any atom is 0.278 e. The Hall–Kier alpha value is -3.03. The van der Waals surface area contributed by atoms with Crippen LogP contribution in [0.15, 0.2) is 48.2 Å². The molecule has 2 amide bonds. The molecule has 7 nitrogen and oxygen atoms in total. The van der Waals surface area contributed by atoms with Crippen LogP contribution in [0, 0.1) is 0 Å². The lowest BCUT2D eigenvalue weighted by molar-refractivity contribution is -0.137. The molecule has 1 aliphatic heterocycles. The molecular weight excluding hydrogens is 420 g/mol. The SMILES string of the molecule is COc1ccc(NC2=C(c3ccc(Cl)cc3)C(=O)N(CCOC(C)C)C2=O)cc1OC. The van der Waals surface area contributed by atoms with Gasteiger partial charge in [0.05, 0.1) is 39.0 Å². The number of hydrogen-bond acceptors (Lipinski definition) is 6. The Morgan fingerprint density at radius 2 is 1.65 bits per heavy atom. The Morgan fingerprint density at radius 3 is 2.26 bits per heavy atom. The monoisotopic (exact) mass is 444 g/mol. The van der Waals surface area contributed by atoms with E-state index in [1.54, 1.807) is 49.6 Å². The van der Waals surface area contributed by atoms with E-state index in [1.807, 2.05) is 13.8 Å². The first kappa shape index (κ1) is 22.7. The summed E-state index contributed by atoms with van der Waals surface area (Å²) in [5.74, 6) is 0.251. The van der Waals surface area contributed by atoms with Gasteiger partial charge in [0.25, 0.3) is 11.8 Å². The average Bonchev–Trinajstić information content (AvgIpc) is 2.98. The van der Waals surface area contributed by atoms with Crippen LogP contribution in [0.1, 0.15) is 19.4 Å². The first-order chi connectivity index (χ1) is 14.8. The van der Waals surface area contributed by atoms with E-state index in [-0.39, 0.29) is 36.4 Å². The zero-order valence-electron chi connectivity index (χ0n) is 17.9. The van der Waals surface area contributed by atoms with E-state index in [1.165, 1.54) is 12.0 Å². The number of anilines is 1. The summed E-state index contributed by atoms with van der Waals surface area (Å²) in [7, 11) is 3.07. The number of ether oxygens (including phenoxy) is 3. The van der Waals surface area contributed by atoms with Crippen molar-refractivity contribution in [1.29, 1.82) is 0 Å². The van der Waals surface area contributed by atoms with Crippen molar-refractivity contribution in [2.45, 2.75) is 20.0 Å². The summed E-state index contributed by atoms with van der Waals surface area (Å²) in [6, 6.07) is 12.0. The molecule has 1 N–H and O–H groups in total. The minimum atomic E-state index is -0.419. The number of carbonyl (C=O) groups is 2. The fraction of sp³-hybridized carbons (Fsp3) is 0.304. The van der Waals surface area contributed by atoms with Crippen LogP contribution in [0.5, 0.6) is 11.5 Å². The molecule has 31 heavy (non-hydrogen) atoms. The topological polar surface area (TPSA) is 77.1 Å². The van der Waals surface area contributed by atoms with Crippen LogP contribution in [0.2, 0.25) is 5.02 Å². The highest BCUT2D eigenvalue weighted by Gasteiger charge is 2.39. The van der Waals surface area contributed by atoms with Crippen molar-refractivity contribution in [2.24, 2.45) is 0 Å². The third-order valence-corrected chi connectivity index (χ3v) is 4.97. The smallest absolute Gasteiger partial charge is 0.278 e. The van der Waals surface area contributed by atoms with E-state index in [4.69, 9.17) is 25.8 Å². The number of amides is 2. The number of halogens is 1. The number of rotatable bonds is 9. The van der Waals surface area contributed by atoms with Gasteiger partial charge in [-0.1, -0.05) is 23.7 Å². The summed E-state index contributed by atoms with van der Waals surface area (Å²) in [6.07, 6.45) is 0.000798. The summed E-state index contributed by atoms with van der Waals surface area (Å²) in [5.41, 5.74) is 1.64. The number of hydrogen-bond donors (Lipinski definition) is 1. The number of methoxy groups -OCH3 is 2. The van der Waals surface area contributed by atoms with Gasteiger partial charge in [-0.05, 0) is 43.7 Å². The van der Waals surface area contributed by atoms with Gasteiger partial charge >= 0.3 is 0 Å². The average molecular weight is 445 g/mol. The van der Waals surface area contributed by atoms with Gasteiger partial charge in [0.1, 0.15) is 5.70 Å². The summed E-state index contributed by atoms with van der Waals surface area (Å²) >= 11 is 6.00. The largest absolute Gasteiger partial charge is 0.493 e. The Morgan fingerprint density at radius 1 is 0.968 bits per heavy atom. The molecule has 8 heteroatoms. The van der Waals surface area contributed by atoms with Crippen LogP contribution in [-0.4, -0.2) is 50.2 Å². The van der Waals surface area contributed by atoms with Crippen LogP contribution in [0.4, 0.5) is 5.69 Å². The van der Waals surface area contributed by atoms with Gasteiger partial charge in [0.2, 0.25) is 0 Å². The molecule has 0 unspecified atom stereocenters. The fourth-order valence-corrected chi connectivity index (χ4v) is 3.34. The number of benzene rings is 2. The van der Waals surface area contributed by atoms with E-state index >= 15 is 0 Å². The van der Waals surface area contributed by atoms with Crippen molar-refractivity contribution in [2.75, 3.05) is 32.7 Å². The second kappa shape index (κ2) is 9.85. The highest BCUT2D eigenvalue weighted by Crippen LogP contribution is 2.34. The lowest BCUT2D eigenvalue weighted by Crippen LogP contribution is -2.35. The predicted molar refractivity (Wildman–Crippen MR) is 119 cm³/mol. The Kier molecular flexibility index (Phi) is 7.20. The van der Waals surface area contributed by atoms with E-state index < -0.39 is 5.91 Å². The van der Waals surface area contributed by atoms with Crippen molar-refractivity contribution < 1.29 is 23.8 Å². The molecule has 2 aromatic rings. The molecule has 0 aliphatic carbocycles. The van der Waals surface area contributed by atoms with Crippen LogP contribution in [0.3, 0.4) is 0 Å². The molecule has 0 bridgehead atoms. The van der Waals surface area contributed by atoms with Gasteiger partial charge in [-0.15, -0.1) is 0 Å². The zero-order chi connectivity index (χ0) is 22.5. The van der Waals surface area contributed by atoms with Crippen molar-refractivity contribution in [3.63, 3.8) is 0 Å². The fourth-order valence-electron chi connectivity index (χ4n) is 3.22. The summed E-state index contributed by atoms with van der Waals surface area (Å²) in [5, 5.41) is 3.64. The van der Waals surface area contributed by atoms with Gasteiger partial charge < -0.3 is 19.5 Å². The Balaban J connectivity index is 1.97. The molecule has 0 atom stereocenters. The maximum absolute atomic E-state index is 13.2. The molecule has 2 aromatic carbocycles. The highest BCUT2D eigenvalue weighted by molar-refractivity contribution is 6.36. The number of nitrogens with zero attached hydrogens (tertiary/aromatic N) is 1. The number of nitrogens with one attached hydrogen (secondary N) is 1. The van der Waals surface area contributed by atoms with Gasteiger partial charge in [0.15, 0.2) is 11.5 Å². The third-order valence-electron chi connectivity index (χ3n) is 4.72. The van der Waals surface area contributed by atoms with Gasteiger partial charge in [0, 0.05) is 16.8 Å². The Labute approximate surface area is 186 Å². The van der Waals surface area contributed by atoms with Gasteiger partial charge in [-0.3, -0.25) is 14.5 Å². The molecule has 1 heterocycles. The summed E-state index contributed by atoms with van der Waals surface area (Å²) in [4.78, 5) is 27.5. The second-order valence-corrected chi connectivity index (χ2v) is 7.57. The van der Waals surface area contributed by atoms with Gasteiger partial charge in [-0.2, -0.15) is 0 Å². The molecule has 0 aromatic heterocycles. The lowest BCUT2D eigenvalue weighted by Gasteiger charge is -2.16. The van der Waals surface area contributed by atoms with E-state index in [2.05, 4.69) is 5.32 Å². The minimum Gasteiger partial charge on any atom is -0.493 e. The number of imide groups is 1. The standard InChI is InChI=1S/C23H25ClN2O5/c1-14(2)31-12-11-26-22(27)20(15-5-7-16(24)8-6-15)21(23(26)28)25-17-9-10-18(29-3)19(13-17)30-4/h5-10,13-14,25H,11-12H2,1-4H3. The van der Waals surface area contributed by atoms with Crippen LogP contribution in [0.25, 0.3) is 5.57 Å². The number of carbonyl (C=O) groups excluding carboxylic acids is 2. The second-order valence-electron chi connectivity index (χ2n) is 7.13.